The van der Waals surface area contributed by atoms with Gasteiger partial charge in [0.15, 0.2) is 0 Å². The molecule has 21 heavy (non-hydrogen) atoms. The van der Waals surface area contributed by atoms with E-state index in [9.17, 15) is 4.79 Å². The Balaban J connectivity index is 2.81. The van der Waals surface area contributed by atoms with E-state index in [1.807, 2.05) is 32.4 Å². The van der Waals surface area contributed by atoms with Crippen molar-refractivity contribution in [1.82, 2.24) is 15.1 Å². The second-order valence-electron chi connectivity index (χ2n) is 5.44. The van der Waals surface area contributed by atoms with Crippen LogP contribution in [0.25, 0.3) is 0 Å². The molecule has 0 saturated carbocycles. The first-order chi connectivity index (χ1) is 9.85. The third-order valence-electron chi connectivity index (χ3n) is 3.61. The third kappa shape index (κ3) is 4.45. The number of halogens is 1. The highest BCUT2D eigenvalue weighted by atomic mass is 35.5. The van der Waals surface area contributed by atoms with Crippen LogP contribution in [0.4, 0.5) is 0 Å². The Labute approximate surface area is 132 Å². The minimum absolute atomic E-state index is 0.217. The fourth-order valence-electron chi connectivity index (χ4n) is 2.18. The highest BCUT2D eigenvalue weighted by molar-refractivity contribution is 6.31. The molecule has 1 rings (SSSR count). The zero-order chi connectivity index (χ0) is 16.0. The summed E-state index contributed by atoms with van der Waals surface area (Å²) in [6, 6.07) is 0. The highest BCUT2D eigenvalue weighted by Gasteiger charge is 2.34. The van der Waals surface area contributed by atoms with Gasteiger partial charge in [-0.05, 0) is 47.1 Å². The van der Waals surface area contributed by atoms with Gasteiger partial charge >= 0.3 is 5.97 Å². The first-order valence-corrected chi connectivity index (χ1v) is 7.85. The predicted molar refractivity (Wildman–Crippen MR) is 84.7 cm³/mol. The molecule has 0 fully saturated rings. The quantitative estimate of drug-likeness (QED) is 0.749. The van der Waals surface area contributed by atoms with Crippen LogP contribution in [0.5, 0.6) is 0 Å². The topological polar surface area (TPSA) is 56.2 Å². The molecule has 1 N–H and O–H groups in total. The zero-order valence-electron chi connectivity index (χ0n) is 13.6. The third-order valence-corrected chi connectivity index (χ3v) is 4.15. The molecule has 0 radical (unpaired) electrons. The number of esters is 1. The molecule has 0 saturated heterocycles. The Morgan fingerprint density at radius 1 is 1.43 bits per heavy atom. The van der Waals surface area contributed by atoms with Gasteiger partial charge in [0.1, 0.15) is 5.54 Å². The molecular formula is C15H26ClN3O2. The lowest BCUT2D eigenvalue weighted by Gasteiger charge is -2.28. The highest BCUT2D eigenvalue weighted by Crippen LogP contribution is 2.21. The van der Waals surface area contributed by atoms with E-state index in [4.69, 9.17) is 16.3 Å². The van der Waals surface area contributed by atoms with Crippen LogP contribution in [0.2, 0.25) is 5.02 Å². The van der Waals surface area contributed by atoms with Crippen LogP contribution in [-0.4, -0.2) is 34.4 Å². The largest absolute Gasteiger partial charge is 0.465 e. The van der Waals surface area contributed by atoms with Crippen molar-refractivity contribution in [3.8, 4) is 0 Å². The molecule has 0 bridgehead atoms. The number of aromatic nitrogens is 2. The molecule has 0 aliphatic carbocycles. The number of aryl methyl sites for hydroxylation is 2. The number of nitrogens with zero attached hydrogens (tertiary/aromatic N) is 2. The zero-order valence-corrected chi connectivity index (χ0v) is 14.4. The molecular weight excluding hydrogens is 290 g/mol. The van der Waals surface area contributed by atoms with Gasteiger partial charge in [0, 0.05) is 6.54 Å². The summed E-state index contributed by atoms with van der Waals surface area (Å²) >= 11 is 6.15. The summed E-state index contributed by atoms with van der Waals surface area (Å²) < 4.78 is 7.04. The minimum atomic E-state index is -0.704. The second-order valence-corrected chi connectivity index (χ2v) is 5.82. The van der Waals surface area contributed by atoms with Crippen LogP contribution in [0.3, 0.4) is 0 Å². The van der Waals surface area contributed by atoms with E-state index in [1.165, 1.54) is 0 Å². The predicted octanol–water partition coefficient (Wildman–Crippen LogP) is 2.86. The Morgan fingerprint density at radius 3 is 2.57 bits per heavy atom. The summed E-state index contributed by atoms with van der Waals surface area (Å²) in [5, 5.41) is 8.39. The van der Waals surface area contributed by atoms with Gasteiger partial charge < -0.3 is 10.1 Å². The molecule has 0 aliphatic heterocycles. The van der Waals surface area contributed by atoms with Crippen molar-refractivity contribution in [3.05, 3.63) is 16.4 Å². The summed E-state index contributed by atoms with van der Waals surface area (Å²) in [7, 11) is 0. The summed E-state index contributed by atoms with van der Waals surface area (Å²) in [4.78, 5) is 12.2. The lowest BCUT2D eigenvalue weighted by molar-refractivity contribution is -0.151. The van der Waals surface area contributed by atoms with Gasteiger partial charge in [-0.3, -0.25) is 9.48 Å². The summed E-state index contributed by atoms with van der Waals surface area (Å²) in [6.07, 6.45) is 1.56. The number of hydrogen-bond acceptors (Lipinski definition) is 4. The maximum absolute atomic E-state index is 12.2. The number of hydrogen-bond donors (Lipinski definition) is 1. The maximum Gasteiger partial charge on any atom is 0.326 e. The average Bonchev–Trinajstić information content (AvgIpc) is 2.70. The lowest BCUT2D eigenvalue weighted by atomic mass is 9.97. The fourth-order valence-corrected chi connectivity index (χ4v) is 2.31. The van der Waals surface area contributed by atoms with Crippen LogP contribution in [-0.2, 0) is 16.1 Å². The molecule has 1 aromatic heterocycles. The van der Waals surface area contributed by atoms with Crippen LogP contribution in [0.1, 0.15) is 45.0 Å². The van der Waals surface area contributed by atoms with Crippen LogP contribution < -0.4 is 5.32 Å². The van der Waals surface area contributed by atoms with Crippen molar-refractivity contribution < 1.29 is 9.53 Å². The molecule has 6 heteroatoms. The maximum atomic E-state index is 12.2. The molecule has 1 atom stereocenters. The van der Waals surface area contributed by atoms with E-state index in [0.29, 0.717) is 24.6 Å². The monoisotopic (exact) mass is 315 g/mol. The number of carbonyl (C=O) groups excluding carboxylic acids is 1. The van der Waals surface area contributed by atoms with Crippen LogP contribution in [0, 0.1) is 13.8 Å². The van der Waals surface area contributed by atoms with Crippen LogP contribution in [0.15, 0.2) is 0 Å². The molecule has 1 unspecified atom stereocenters. The lowest BCUT2D eigenvalue weighted by Crippen LogP contribution is -2.51. The molecule has 120 valence electrons. The molecule has 1 heterocycles. The average molecular weight is 316 g/mol. The van der Waals surface area contributed by atoms with E-state index in [2.05, 4.69) is 17.3 Å². The molecule has 0 spiro atoms. The van der Waals surface area contributed by atoms with Crippen molar-refractivity contribution in [2.24, 2.45) is 0 Å². The van der Waals surface area contributed by atoms with Gasteiger partial charge in [0.2, 0.25) is 0 Å². The number of rotatable bonds is 8. The van der Waals surface area contributed by atoms with E-state index in [-0.39, 0.29) is 5.97 Å². The Bertz CT molecular complexity index is 488. The normalized spacial score (nSPS) is 14.0. The first-order valence-electron chi connectivity index (χ1n) is 7.47. The van der Waals surface area contributed by atoms with Crippen molar-refractivity contribution >= 4 is 17.6 Å². The minimum Gasteiger partial charge on any atom is -0.465 e. The summed E-state index contributed by atoms with van der Waals surface area (Å²) in [5.74, 6) is -0.217. The van der Waals surface area contributed by atoms with E-state index in [1.54, 1.807) is 0 Å². The first kappa shape index (κ1) is 18.0. The van der Waals surface area contributed by atoms with Gasteiger partial charge in [-0.1, -0.05) is 18.5 Å². The molecule has 5 nitrogen and oxygen atoms in total. The Kier molecular flexibility index (Phi) is 6.68. The van der Waals surface area contributed by atoms with E-state index >= 15 is 0 Å². The van der Waals surface area contributed by atoms with Crippen molar-refractivity contribution in [2.45, 2.75) is 59.5 Å². The molecule has 0 amide bonds. The summed E-state index contributed by atoms with van der Waals surface area (Å²) in [5.41, 5.74) is 1.04. The Morgan fingerprint density at radius 2 is 2.10 bits per heavy atom. The number of nitrogens with one attached hydrogen (secondary N) is 1. The number of carbonyl (C=O) groups is 1. The molecule has 0 aromatic carbocycles. The Hall–Kier alpha value is -1.07. The van der Waals surface area contributed by atoms with Gasteiger partial charge in [-0.2, -0.15) is 5.10 Å². The summed E-state index contributed by atoms with van der Waals surface area (Å²) in [6.45, 7) is 11.4. The number of ether oxygens (including phenoxy) is 1. The van der Waals surface area contributed by atoms with Gasteiger partial charge in [0.25, 0.3) is 0 Å². The van der Waals surface area contributed by atoms with Crippen molar-refractivity contribution in [2.75, 3.05) is 13.2 Å². The second kappa shape index (κ2) is 7.80. The molecule has 0 aliphatic rings. The van der Waals surface area contributed by atoms with E-state index in [0.717, 1.165) is 24.4 Å². The van der Waals surface area contributed by atoms with Crippen molar-refractivity contribution in [3.63, 3.8) is 0 Å². The molecule has 1 aromatic rings. The van der Waals surface area contributed by atoms with E-state index < -0.39 is 5.54 Å². The van der Waals surface area contributed by atoms with Crippen molar-refractivity contribution in [1.29, 1.82) is 0 Å². The standard InChI is InChI=1S/C15H26ClN3O2/c1-6-9-17-15(5,14(20)21-7-2)8-10-19-12(4)13(16)11(3)18-19/h17H,6-10H2,1-5H3. The fraction of sp³-hybridized carbons (Fsp3) is 0.733. The smallest absolute Gasteiger partial charge is 0.326 e. The SMILES string of the molecule is CCCNC(C)(CCn1nc(C)c(Cl)c1C)C(=O)OCC. The van der Waals surface area contributed by atoms with Crippen LogP contribution >= 0.6 is 11.6 Å². The van der Waals surface area contributed by atoms with Gasteiger partial charge in [-0.25, -0.2) is 0 Å². The van der Waals surface area contributed by atoms with Gasteiger partial charge in [0.05, 0.1) is 23.0 Å². The van der Waals surface area contributed by atoms with Gasteiger partial charge in [-0.15, -0.1) is 0 Å².